The predicted molar refractivity (Wildman–Crippen MR) is 66.6 cm³/mol. The van der Waals surface area contributed by atoms with Crippen LogP contribution in [0.15, 0.2) is 29.8 Å². The first kappa shape index (κ1) is 14.8. The Morgan fingerprint density at radius 1 is 1.52 bits per heavy atom. The summed E-state index contributed by atoms with van der Waals surface area (Å²) in [5.41, 5.74) is 2.74. The van der Waals surface area contributed by atoms with Crippen LogP contribution in [0.3, 0.4) is 0 Å². The van der Waals surface area contributed by atoms with Gasteiger partial charge in [-0.15, -0.1) is 0 Å². The average Bonchev–Trinajstić information content (AvgIpc) is 2.96. The highest BCUT2D eigenvalue weighted by atomic mass is 19.4. The molecule has 0 aliphatic heterocycles. The van der Waals surface area contributed by atoms with Crippen LogP contribution >= 0.6 is 0 Å². The largest absolute Gasteiger partial charge is 0.408 e. The normalized spacial score (nSPS) is 12.0. The van der Waals surface area contributed by atoms with Crippen LogP contribution in [0.2, 0.25) is 0 Å². The molecule has 0 fully saturated rings. The summed E-state index contributed by atoms with van der Waals surface area (Å²) in [7, 11) is 1.66. The maximum absolute atomic E-state index is 12.1. The van der Waals surface area contributed by atoms with E-state index < -0.39 is 18.6 Å². The standard InChI is InChI=1S/C11H11F3N6O/c1-19-6-8(4-16-19)10(21)17-15-5-9-2-3-20(18-9)7-11(12,13)14/h2-6H,7H2,1H3,(H,17,21). The van der Waals surface area contributed by atoms with Crippen molar-refractivity contribution in [1.29, 1.82) is 0 Å². The van der Waals surface area contributed by atoms with E-state index in [1.807, 2.05) is 0 Å². The van der Waals surface area contributed by atoms with E-state index in [4.69, 9.17) is 0 Å². The van der Waals surface area contributed by atoms with Crippen LogP contribution in [0.5, 0.6) is 0 Å². The molecule has 2 rings (SSSR count). The maximum atomic E-state index is 12.1. The number of hydrazone groups is 1. The number of halogens is 3. The number of carbonyl (C=O) groups excluding carboxylic acids is 1. The van der Waals surface area contributed by atoms with Gasteiger partial charge < -0.3 is 0 Å². The van der Waals surface area contributed by atoms with Crippen molar-refractivity contribution < 1.29 is 18.0 Å². The summed E-state index contributed by atoms with van der Waals surface area (Å²) in [5, 5.41) is 11.1. The van der Waals surface area contributed by atoms with E-state index in [0.29, 0.717) is 5.56 Å². The molecule has 2 aromatic heterocycles. The molecule has 0 radical (unpaired) electrons. The highest BCUT2D eigenvalue weighted by Gasteiger charge is 2.28. The molecular formula is C11H11F3N6O. The van der Waals surface area contributed by atoms with Crippen molar-refractivity contribution in [2.24, 2.45) is 12.1 Å². The molecule has 112 valence electrons. The highest BCUT2D eigenvalue weighted by Crippen LogP contribution is 2.16. The van der Waals surface area contributed by atoms with Gasteiger partial charge >= 0.3 is 6.18 Å². The Morgan fingerprint density at radius 3 is 2.90 bits per heavy atom. The lowest BCUT2D eigenvalue weighted by molar-refractivity contribution is -0.142. The summed E-state index contributed by atoms with van der Waals surface area (Å²) in [6, 6.07) is 1.35. The number of hydrogen-bond acceptors (Lipinski definition) is 4. The Balaban J connectivity index is 1.91. The van der Waals surface area contributed by atoms with Crippen LogP contribution in [-0.4, -0.2) is 37.9 Å². The zero-order valence-electron chi connectivity index (χ0n) is 10.9. The fraction of sp³-hybridized carbons (Fsp3) is 0.273. The van der Waals surface area contributed by atoms with Gasteiger partial charge in [-0.1, -0.05) is 0 Å². The van der Waals surface area contributed by atoms with Crippen molar-refractivity contribution in [3.8, 4) is 0 Å². The molecule has 0 aliphatic carbocycles. The molecule has 21 heavy (non-hydrogen) atoms. The molecule has 0 saturated heterocycles. The summed E-state index contributed by atoms with van der Waals surface area (Å²) in [4.78, 5) is 11.6. The summed E-state index contributed by atoms with van der Waals surface area (Å²) in [6.07, 6.45) is 0.861. The van der Waals surface area contributed by atoms with Gasteiger partial charge in [0.2, 0.25) is 0 Å². The summed E-state index contributed by atoms with van der Waals surface area (Å²) < 4.78 is 38.6. The minimum absolute atomic E-state index is 0.200. The molecule has 0 unspecified atom stereocenters. The van der Waals surface area contributed by atoms with Crippen molar-refractivity contribution in [1.82, 2.24) is 25.0 Å². The molecule has 10 heteroatoms. The van der Waals surface area contributed by atoms with Crippen molar-refractivity contribution >= 4 is 12.1 Å². The Hall–Kier alpha value is -2.65. The van der Waals surface area contributed by atoms with E-state index in [2.05, 4.69) is 20.7 Å². The first-order valence-electron chi connectivity index (χ1n) is 5.76. The number of nitrogens with one attached hydrogen (secondary N) is 1. The quantitative estimate of drug-likeness (QED) is 0.674. The van der Waals surface area contributed by atoms with E-state index in [1.165, 1.54) is 29.3 Å². The number of aromatic nitrogens is 4. The second-order valence-corrected chi connectivity index (χ2v) is 4.16. The molecular weight excluding hydrogens is 289 g/mol. The van der Waals surface area contributed by atoms with Crippen molar-refractivity contribution in [2.75, 3.05) is 0 Å². The number of aryl methyl sites for hydroxylation is 1. The molecule has 0 aliphatic rings. The molecule has 1 amide bonds. The lowest BCUT2D eigenvalue weighted by atomic mass is 10.3. The second-order valence-electron chi connectivity index (χ2n) is 4.16. The first-order valence-corrected chi connectivity index (χ1v) is 5.76. The van der Waals surface area contributed by atoms with Crippen LogP contribution in [-0.2, 0) is 13.6 Å². The van der Waals surface area contributed by atoms with Crippen LogP contribution in [0.4, 0.5) is 13.2 Å². The molecule has 0 aromatic carbocycles. The molecule has 0 spiro atoms. The Bertz CT molecular complexity index is 657. The zero-order chi connectivity index (χ0) is 15.5. The highest BCUT2D eigenvalue weighted by molar-refractivity contribution is 5.94. The second kappa shape index (κ2) is 5.77. The smallest absolute Gasteiger partial charge is 0.275 e. The number of amides is 1. The Labute approximate surface area is 117 Å². The van der Waals surface area contributed by atoms with E-state index in [0.717, 1.165) is 10.9 Å². The summed E-state index contributed by atoms with van der Waals surface area (Å²) >= 11 is 0. The van der Waals surface area contributed by atoms with E-state index in [1.54, 1.807) is 7.05 Å². The molecule has 0 bridgehead atoms. The summed E-state index contributed by atoms with van der Waals surface area (Å²) in [6.45, 7) is -1.18. The van der Waals surface area contributed by atoms with Crippen LogP contribution in [0.25, 0.3) is 0 Å². The predicted octanol–water partition coefficient (Wildman–Crippen LogP) is 0.943. The maximum Gasteiger partial charge on any atom is 0.408 e. The van der Waals surface area contributed by atoms with Crippen LogP contribution in [0, 0.1) is 0 Å². The fourth-order valence-corrected chi connectivity index (χ4v) is 1.48. The van der Waals surface area contributed by atoms with Crippen molar-refractivity contribution in [3.05, 3.63) is 35.9 Å². The Kier molecular flexibility index (Phi) is 4.05. The Morgan fingerprint density at radius 2 is 2.29 bits per heavy atom. The zero-order valence-corrected chi connectivity index (χ0v) is 10.9. The van der Waals surface area contributed by atoms with Gasteiger partial charge in [-0.3, -0.25) is 14.2 Å². The third-order valence-corrected chi connectivity index (χ3v) is 2.33. The monoisotopic (exact) mass is 300 g/mol. The summed E-state index contributed by atoms with van der Waals surface area (Å²) in [5.74, 6) is -0.478. The van der Waals surface area contributed by atoms with Gasteiger partial charge in [0.1, 0.15) is 12.2 Å². The minimum Gasteiger partial charge on any atom is -0.275 e. The van der Waals surface area contributed by atoms with E-state index in [-0.39, 0.29) is 5.69 Å². The third kappa shape index (κ3) is 4.44. The lowest BCUT2D eigenvalue weighted by Gasteiger charge is -2.04. The van der Waals surface area contributed by atoms with E-state index >= 15 is 0 Å². The molecule has 2 aromatic rings. The number of alkyl halides is 3. The molecule has 0 saturated carbocycles. The van der Waals surface area contributed by atoms with Crippen LogP contribution in [0.1, 0.15) is 16.1 Å². The van der Waals surface area contributed by atoms with Gasteiger partial charge in [-0.05, 0) is 6.07 Å². The van der Waals surface area contributed by atoms with Gasteiger partial charge in [0, 0.05) is 19.4 Å². The first-order chi connectivity index (χ1) is 9.83. The molecule has 0 atom stereocenters. The third-order valence-electron chi connectivity index (χ3n) is 2.33. The number of hydrogen-bond donors (Lipinski definition) is 1. The topological polar surface area (TPSA) is 77.1 Å². The molecule has 1 N–H and O–H groups in total. The SMILES string of the molecule is Cn1cc(C(=O)NN=Cc2ccn(CC(F)(F)F)n2)cn1. The lowest BCUT2D eigenvalue weighted by Crippen LogP contribution is -2.18. The van der Waals surface area contributed by atoms with E-state index in [9.17, 15) is 18.0 Å². The van der Waals surface area contributed by atoms with Gasteiger partial charge in [0.15, 0.2) is 0 Å². The van der Waals surface area contributed by atoms with Gasteiger partial charge in [-0.2, -0.15) is 28.5 Å². The number of carbonyl (C=O) groups is 1. The number of rotatable bonds is 4. The fourth-order valence-electron chi connectivity index (χ4n) is 1.48. The van der Waals surface area contributed by atoms with Gasteiger partial charge in [-0.25, -0.2) is 5.43 Å². The van der Waals surface area contributed by atoms with Crippen molar-refractivity contribution in [3.63, 3.8) is 0 Å². The van der Waals surface area contributed by atoms with Gasteiger partial charge in [0.25, 0.3) is 5.91 Å². The minimum atomic E-state index is -4.34. The molecule has 7 nitrogen and oxygen atoms in total. The number of nitrogens with zero attached hydrogens (tertiary/aromatic N) is 5. The van der Waals surface area contributed by atoms with Crippen molar-refractivity contribution in [2.45, 2.75) is 12.7 Å². The average molecular weight is 300 g/mol. The van der Waals surface area contributed by atoms with Gasteiger partial charge in [0.05, 0.1) is 18.0 Å². The van der Waals surface area contributed by atoms with Crippen LogP contribution < -0.4 is 5.43 Å². The molecule has 2 heterocycles.